The highest BCUT2D eigenvalue weighted by molar-refractivity contribution is 6.01. The van der Waals surface area contributed by atoms with Gasteiger partial charge in [0, 0.05) is 17.5 Å². The Bertz CT molecular complexity index is 519. The lowest BCUT2D eigenvalue weighted by molar-refractivity contribution is -0.155. The van der Waals surface area contributed by atoms with Gasteiger partial charge < -0.3 is 5.73 Å². The van der Waals surface area contributed by atoms with Gasteiger partial charge in [-0.25, -0.2) is 0 Å². The normalized spacial score (nSPS) is 27.7. The van der Waals surface area contributed by atoms with Crippen molar-refractivity contribution in [2.45, 2.75) is 32.2 Å². The zero-order valence-corrected chi connectivity index (χ0v) is 11.0. The number of carbonyl (C=O) groups excluding carboxylic acids is 2. The first-order chi connectivity index (χ1) is 9.09. The number of hydrogen-bond acceptors (Lipinski definition) is 3. The molecule has 1 aromatic carbocycles. The summed E-state index contributed by atoms with van der Waals surface area (Å²) in [4.78, 5) is 26.2. The largest absolute Gasteiger partial charge is 0.398 e. The maximum atomic E-state index is 12.4. The van der Waals surface area contributed by atoms with Crippen molar-refractivity contribution in [3.8, 4) is 0 Å². The molecular weight excluding hydrogens is 240 g/mol. The minimum Gasteiger partial charge on any atom is -0.398 e. The minimum absolute atomic E-state index is 0.0190. The van der Waals surface area contributed by atoms with E-state index in [1.165, 1.54) is 4.90 Å². The van der Waals surface area contributed by atoms with Gasteiger partial charge in [0.2, 0.25) is 11.8 Å². The van der Waals surface area contributed by atoms with Gasteiger partial charge in [-0.05, 0) is 37.8 Å². The molecule has 3 atom stereocenters. The topological polar surface area (TPSA) is 63.4 Å². The summed E-state index contributed by atoms with van der Waals surface area (Å²) >= 11 is 0. The number of likely N-dealkylation sites (tertiary alicyclic amines) is 1. The highest BCUT2D eigenvalue weighted by Crippen LogP contribution is 2.41. The van der Waals surface area contributed by atoms with E-state index in [2.05, 4.69) is 0 Å². The van der Waals surface area contributed by atoms with Crippen molar-refractivity contribution in [3.63, 3.8) is 0 Å². The molecular formula is C15H18N2O2. The molecule has 0 spiro atoms. The molecule has 1 aliphatic heterocycles. The molecule has 19 heavy (non-hydrogen) atoms. The lowest BCUT2D eigenvalue weighted by Crippen LogP contribution is -2.47. The molecule has 2 amide bonds. The molecule has 3 rings (SSSR count). The second-order valence-electron chi connectivity index (χ2n) is 5.56. The summed E-state index contributed by atoms with van der Waals surface area (Å²) in [5.74, 6) is 0.0363. The maximum Gasteiger partial charge on any atom is 0.232 e. The molecule has 1 saturated heterocycles. The Morgan fingerprint density at radius 3 is 2.32 bits per heavy atom. The van der Waals surface area contributed by atoms with Crippen LogP contribution < -0.4 is 5.73 Å². The molecule has 2 fully saturated rings. The van der Waals surface area contributed by atoms with Crippen molar-refractivity contribution in [3.05, 3.63) is 29.8 Å². The molecule has 4 nitrogen and oxygen atoms in total. The molecule has 1 aromatic rings. The lowest BCUT2D eigenvalue weighted by Gasteiger charge is -2.34. The number of para-hydroxylation sites is 1. The van der Waals surface area contributed by atoms with Gasteiger partial charge in [-0.3, -0.25) is 14.5 Å². The van der Waals surface area contributed by atoms with Gasteiger partial charge in [0.25, 0.3) is 0 Å². The van der Waals surface area contributed by atoms with Crippen molar-refractivity contribution < 1.29 is 9.59 Å². The number of anilines is 1. The number of hydrogen-bond donors (Lipinski definition) is 1. The van der Waals surface area contributed by atoms with Crippen molar-refractivity contribution in [2.75, 3.05) is 5.73 Å². The van der Waals surface area contributed by atoms with Gasteiger partial charge in [-0.2, -0.15) is 0 Å². The van der Waals surface area contributed by atoms with E-state index in [1.807, 2.05) is 25.1 Å². The monoisotopic (exact) mass is 258 g/mol. The van der Waals surface area contributed by atoms with Crippen LogP contribution in [0.3, 0.4) is 0 Å². The SMILES string of the molecule is CC(c1ccccc1N)N1C(=O)C2CCC(C2)C1=O. The number of piperidine rings is 1. The highest BCUT2D eigenvalue weighted by atomic mass is 16.2. The van der Waals surface area contributed by atoms with Crippen LogP contribution in [0.2, 0.25) is 0 Å². The first-order valence-corrected chi connectivity index (χ1v) is 6.81. The summed E-state index contributed by atoms with van der Waals surface area (Å²) < 4.78 is 0. The number of carbonyl (C=O) groups is 2. The summed E-state index contributed by atoms with van der Waals surface area (Å²) in [6, 6.07) is 7.16. The minimum atomic E-state index is -0.274. The smallest absolute Gasteiger partial charge is 0.232 e. The zero-order valence-electron chi connectivity index (χ0n) is 11.0. The summed E-state index contributed by atoms with van der Waals surface area (Å²) in [7, 11) is 0. The third-order valence-corrected chi connectivity index (χ3v) is 4.44. The van der Waals surface area contributed by atoms with E-state index in [-0.39, 0.29) is 29.7 Å². The van der Waals surface area contributed by atoms with Gasteiger partial charge in [0.05, 0.1) is 6.04 Å². The Labute approximate surface area is 112 Å². The number of nitrogens with two attached hydrogens (primary N) is 1. The van der Waals surface area contributed by atoms with E-state index in [1.54, 1.807) is 6.07 Å². The van der Waals surface area contributed by atoms with Crippen LogP contribution in [0.4, 0.5) is 5.69 Å². The number of nitrogens with zero attached hydrogens (tertiary/aromatic N) is 1. The van der Waals surface area contributed by atoms with Crippen molar-refractivity contribution >= 4 is 17.5 Å². The first-order valence-electron chi connectivity index (χ1n) is 6.81. The van der Waals surface area contributed by atoms with Crippen LogP contribution in [0.25, 0.3) is 0 Å². The fourth-order valence-electron chi connectivity index (χ4n) is 3.34. The van der Waals surface area contributed by atoms with Gasteiger partial charge in [0.1, 0.15) is 0 Å². The average Bonchev–Trinajstić information content (AvgIpc) is 2.84. The third-order valence-electron chi connectivity index (χ3n) is 4.44. The van der Waals surface area contributed by atoms with Crippen LogP contribution >= 0.6 is 0 Å². The van der Waals surface area contributed by atoms with Crippen LogP contribution in [-0.2, 0) is 9.59 Å². The van der Waals surface area contributed by atoms with Crippen molar-refractivity contribution in [2.24, 2.45) is 11.8 Å². The lowest BCUT2D eigenvalue weighted by atomic mass is 9.93. The number of amides is 2. The Kier molecular flexibility index (Phi) is 2.81. The Hall–Kier alpha value is -1.84. The molecule has 100 valence electrons. The summed E-state index contributed by atoms with van der Waals surface area (Å²) in [5, 5.41) is 0. The van der Waals surface area contributed by atoms with Crippen LogP contribution in [-0.4, -0.2) is 16.7 Å². The van der Waals surface area contributed by atoms with E-state index in [9.17, 15) is 9.59 Å². The van der Waals surface area contributed by atoms with E-state index < -0.39 is 0 Å². The van der Waals surface area contributed by atoms with Crippen molar-refractivity contribution in [1.29, 1.82) is 0 Å². The predicted octanol–water partition coefficient (Wildman–Crippen LogP) is 2.11. The number of fused-ring (bicyclic) bond motifs is 2. The molecule has 2 N–H and O–H groups in total. The molecule has 2 bridgehead atoms. The van der Waals surface area contributed by atoms with Crippen LogP contribution in [0.1, 0.15) is 37.8 Å². The van der Waals surface area contributed by atoms with Gasteiger partial charge in [-0.15, -0.1) is 0 Å². The number of rotatable bonds is 2. The predicted molar refractivity (Wildman–Crippen MR) is 72.0 cm³/mol. The second kappa shape index (κ2) is 4.37. The van der Waals surface area contributed by atoms with E-state index in [4.69, 9.17) is 5.73 Å². The molecule has 1 heterocycles. The molecule has 1 aliphatic carbocycles. The fourth-order valence-corrected chi connectivity index (χ4v) is 3.34. The fraction of sp³-hybridized carbons (Fsp3) is 0.467. The molecule has 4 heteroatoms. The second-order valence-corrected chi connectivity index (χ2v) is 5.56. The van der Waals surface area contributed by atoms with Gasteiger partial charge >= 0.3 is 0 Å². The highest BCUT2D eigenvalue weighted by Gasteiger charge is 2.47. The third kappa shape index (κ3) is 1.82. The summed E-state index contributed by atoms with van der Waals surface area (Å²) in [6.07, 6.45) is 2.44. The maximum absolute atomic E-state index is 12.4. The Morgan fingerprint density at radius 1 is 1.16 bits per heavy atom. The van der Waals surface area contributed by atoms with Crippen molar-refractivity contribution in [1.82, 2.24) is 4.90 Å². The molecule has 3 unspecified atom stereocenters. The van der Waals surface area contributed by atoms with Crippen LogP contribution in [0, 0.1) is 11.8 Å². The quantitative estimate of drug-likeness (QED) is 0.652. The standard InChI is InChI=1S/C15H18N2O2/c1-9(12-4-2-3-5-13(12)16)17-14(18)10-6-7-11(8-10)15(17)19/h2-5,9-11H,6-8,16H2,1H3. The van der Waals surface area contributed by atoms with E-state index in [0.717, 1.165) is 24.8 Å². The number of imide groups is 1. The summed E-state index contributed by atoms with van der Waals surface area (Å²) in [5.41, 5.74) is 7.44. The summed E-state index contributed by atoms with van der Waals surface area (Å²) in [6.45, 7) is 1.88. The number of benzene rings is 1. The van der Waals surface area contributed by atoms with E-state index in [0.29, 0.717) is 5.69 Å². The van der Waals surface area contributed by atoms with Gasteiger partial charge in [-0.1, -0.05) is 18.2 Å². The Morgan fingerprint density at radius 2 is 1.74 bits per heavy atom. The molecule has 0 radical (unpaired) electrons. The Balaban J connectivity index is 1.95. The molecule has 2 aliphatic rings. The van der Waals surface area contributed by atoms with Crippen LogP contribution in [0.15, 0.2) is 24.3 Å². The van der Waals surface area contributed by atoms with Crippen LogP contribution in [0.5, 0.6) is 0 Å². The average molecular weight is 258 g/mol. The van der Waals surface area contributed by atoms with E-state index >= 15 is 0 Å². The number of nitrogen functional groups attached to an aromatic ring is 1. The van der Waals surface area contributed by atoms with Gasteiger partial charge in [0.15, 0.2) is 0 Å². The zero-order chi connectivity index (χ0) is 13.6. The molecule has 1 saturated carbocycles. The first kappa shape index (κ1) is 12.2. The molecule has 0 aromatic heterocycles.